The average molecular weight is 212 g/mol. The fourth-order valence-electron chi connectivity index (χ4n) is 2.20. The summed E-state index contributed by atoms with van der Waals surface area (Å²) in [5.74, 6) is 1.28. The van der Waals surface area contributed by atoms with Crippen LogP contribution >= 0.6 is 0 Å². The lowest BCUT2D eigenvalue weighted by Crippen LogP contribution is -2.38. The summed E-state index contributed by atoms with van der Waals surface area (Å²) in [6, 6.07) is 0.0219. The van der Waals surface area contributed by atoms with Gasteiger partial charge in [0.05, 0.1) is 12.2 Å². The minimum absolute atomic E-state index is 0.0219. The van der Waals surface area contributed by atoms with Gasteiger partial charge in [-0.05, 0) is 25.2 Å². The molecule has 1 N–H and O–H groups in total. The Morgan fingerprint density at radius 1 is 1.33 bits per heavy atom. The first-order valence-electron chi connectivity index (χ1n) is 6.03. The molecule has 1 aliphatic heterocycles. The second-order valence-electron chi connectivity index (χ2n) is 5.16. The molecule has 0 aromatic carbocycles. The number of carbonyl (C=O) groups is 1. The quantitative estimate of drug-likeness (QED) is 0.771. The van der Waals surface area contributed by atoms with Gasteiger partial charge in [0.2, 0.25) is 5.91 Å². The molecule has 0 aliphatic carbocycles. The molecule has 3 heteroatoms. The molecule has 0 aromatic rings. The minimum Gasteiger partial charge on any atom is -0.326 e. The number of nitrogens with one attached hydrogen (secondary N) is 1. The van der Waals surface area contributed by atoms with Gasteiger partial charge in [-0.15, -0.1) is 0 Å². The molecule has 1 aliphatic rings. The summed E-state index contributed by atoms with van der Waals surface area (Å²) in [5.41, 5.74) is 0. The first-order valence-corrected chi connectivity index (χ1v) is 6.03. The van der Waals surface area contributed by atoms with Gasteiger partial charge in [-0.25, -0.2) is 0 Å². The van der Waals surface area contributed by atoms with Crippen molar-refractivity contribution >= 4 is 5.91 Å². The maximum atomic E-state index is 12.0. The number of likely N-dealkylation sites (N-methyl/N-ethyl adjacent to an activating group) is 1. The molecular formula is C12H24N2O. The molecule has 1 fully saturated rings. The highest BCUT2D eigenvalue weighted by atomic mass is 16.2. The van der Waals surface area contributed by atoms with Crippen molar-refractivity contribution in [3.05, 3.63) is 0 Å². The van der Waals surface area contributed by atoms with Crippen LogP contribution in [0, 0.1) is 11.8 Å². The van der Waals surface area contributed by atoms with Crippen molar-refractivity contribution in [1.82, 2.24) is 10.2 Å². The van der Waals surface area contributed by atoms with Crippen molar-refractivity contribution in [2.45, 2.75) is 53.2 Å². The van der Waals surface area contributed by atoms with Gasteiger partial charge in [0.15, 0.2) is 0 Å². The number of amides is 1. The largest absolute Gasteiger partial charge is 0.326 e. The van der Waals surface area contributed by atoms with Gasteiger partial charge in [0.1, 0.15) is 0 Å². The molecule has 0 aromatic heterocycles. The summed E-state index contributed by atoms with van der Waals surface area (Å²) >= 11 is 0. The Hall–Kier alpha value is -0.570. The van der Waals surface area contributed by atoms with E-state index in [9.17, 15) is 4.79 Å². The van der Waals surface area contributed by atoms with Gasteiger partial charge < -0.3 is 4.90 Å². The average Bonchev–Trinajstić information content (AvgIpc) is 2.41. The van der Waals surface area contributed by atoms with Crippen molar-refractivity contribution in [3.8, 4) is 0 Å². The molecule has 88 valence electrons. The van der Waals surface area contributed by atoms with Crippen LogP contribution in [0.25, 0.3) is 0 Å². The maximum absolute atomic E-state index is 12.0. The lowest BCUT2D eigenvalue weighted by atomic mass is 10.0. The maximum Gasteiger partial charge on any atom is 0.241 e. The number of carbonyl (C=O) groups excluding carboxylic acids is 1. The van der Waals surface area contributed by atoms with Crippen LogP contribution in [0.4, 0.5) is 0 Å². The van der Waals surface area contributed by atoms with Crippen LogP contribution in [0.1, 0.15) is 41.0 Å². The van der Waals surface area contributed by atoms with Crippen LogP contribution in [-0.2, 0) is 4.79 Å². The summed E-state index contributed by atoms with van der Waals surface area (Å²) in [6.07, 6.45) is 1.29. The zero-order valence-electron chi connectivity index (χ0n) is 10.6. The summed E-state index contributed by atoms with van der Waals surface area (Å²) in [5, 5.41) is 3.45. The Morgan fingerprint density at radius 3 is 2.33 bits per heavy atom. The SMILES string of the molecule is CCN1C(=O)C(C(C)C)NC1CC(C)C. The van der Waals surface area contributed by atoms with E-state index in [0.29, 0.717) is 11.8 Å². The number of nitrogens with zero attached hydrogens (tertiary/aromatic N) is 1. The molecule has 15 heavy (non-hydrogen) atoms. The number of hydrogen-bond acceptors (Lipinski definition) is 2. The van der Waals surface area contributed by atoms with E-state index in [1.807, 2.05) is 4.90 Å². The van der Waals surface area contributed by atoms with Gasteiger partial charge in [-0.1, -0.05) is 27.7 Å². The van der Waals surface area contributed by atoms with Gasteiger partial charge in [0.25, 0.3) is 0 Å². The van der Waals surface area contributed by atoms with E-state index in [1.165, 1.54) is 0 Å². The van der Waals surface area contributed by atoms with E-state index < -0.39 is 0 Å². The Kier molecular flexibility index (Phi) is 4.14. The monoisotopic (exact) mass is 212 g/mol. The topological polar surface area (TPSA) is 32.3 Å². The van der Waals surface area contributed by atoms with E-state index in [0.717, 1.165) is 13.0 Å². The molecule has 3 nitrogen and oxygen atoms in total. The normalized spacial score (nSPS) is 27.1. The van der Waals surface area contributed by atoms with Crippen molar-refractivity contribution in [3.63, 3.8) is 0 Å². The van der Waals surface area contributed by atoms with Crippen LogP contribution in [0.2, 0.25) is 0 Å². The van der Waals surface area contributed by atoms with Crippen molar-refractivity contribution in [1.29, 1.82) is 0 Å². The second-order valence-corrected chi connectivity index (χ2v) is 5.16. The molecule has 0 bridgehead atoms. The van der Waals surface area contributed by atoms with Crippen molar-refractivity contribution < 1.29 is 4.79 Å². The van der Waals surface area contributed by atoms with Crippen LogP contribution in [0.15, 0.2) is 0 Å². The molecule has 0 spiro atoms. The third-order valence-electron chi connectivity index (χ3n) is 3.00. The van der Waals surface area contributed by atoms with Crippen LogP contribution in [0.5, 0.6) is 0 Å². The summed E-state index contributed by atoms with van der Waals surface area (Å²) in [4.78, 5) is 14.0. The zero-order chi connectivity index (χ0) is 11.6. The fraction of sp³-hybridized carbons (Fsp3) is 0.917. The second kappa shape index (κ2) is 4.97. The third-order valence-corrected chi connectivity index (χ3v) is 3.00. The summed E-state index contributed by atoms with van der Waals surface area (Å²) in [6.45, 7) is 11.5. The molecule has 1 heterocycles. The van der Waals surface area contributed by atoms with E-state index in [-0.39, 0.29) is 18.1 Å². The summed E-state index contributed by atoms with van der Waals surface area (Å²) in [7, 11) is 0. The highest BCUT2D eigenvalue weighted by Gasteiger charge is 2.39. The minimum atomic E-state index is 0.0219. The zero-order valence-corrected chi connectivity index (χ0v) is 10.6. The molecule has 0 radical (unpaired) electrons. The lowest BCUT2D eigenvalue weighted by Gasteiger charge is -2.23. The van der Waals surface area contributed by atoms with Crippen LogP contribution < -0.4 is 5.32 Å². The van der Waals surface area contributed by atoms with Gasteiger partial charge in [0, 0.05) is 6.54 Å². The molecule has 1 saturated heterocycles. The smallest absolute Gasteiger partial charge is 0.241 e. The molecule has 2 unspecified atom stereocenters. The third kappa shape index (κ3) is 2.71. The Morgan fingerprint density at radius 2 is 1.93 bits per heavy atom. The van der Waals surface area contributed by atoms with Gasteiger partial charge in [-0.3, -0.25) is 10.1 Å². The highest BCUT2D eigenvalue weighted by molar-refractivity contribution is 5.84. The first-order chi connectivity index (χ1) is 6.97. The highest BCUT2D eigenvalue weighted by Crippen LogP contribution is 2.20. The molecule has 0 saturated carbocycles. The number of hydrogen-bond donors (Lipinski definition) is 1. The van der Waals surface area contributed by atoms with Crippen LogP contribution in [-0.4, -0.2) is 29.6 Å². The molecule has 1 amide bonds. The van der Waals surface area contributed by atoms with Crippen molar-refractivity contribution in [2.75, 3.05) is 6.54 Å². The van der Waals surface area contributed by atoms with Gasteiger partial charge >= 0.3 is 0 Å². The van der Waals surface area contributed by atoms with Gasteiger partial charge in [-0.2, -0.15) is 0 Å². The van der Waals surface area contributed by atoms with Crippen LogP contribution in [0.3, 0.4) is 0 Å². The first kappa shape index (κ1) is 12.5. The number of rotatable bonds is 4. The van der Waals surface area contributed by atoms with E-state index in [4.69, 9.17) is 0 Å². The molecule has 2 atom stereocenters. The lowest BCUT2D eigenvalue weighted by molar-refractivity contribution is -0.130. The molecule has 1 rings (SSSR count). The fourth-order valence-corrected chi connectivity index (χ4v) is 2.20. The Bertz CT molecular complexity index is 226. The Labute approximate surface area is 93.2 Å². The van der Waals surface area contributed by atoms with E-state index in [1.54, 1.807) is 0 Å². The van der Waals surface area contributed by atoms with E-state index in [2.05, 4.69) is 39.9 Å². The summed E-state index contributed by atoms with van der Waals surface area (Å²) < 4.78 is 0. The Balaban J connectivity index is 2.70. The van der Waals surface area contributed by atoms with E-state index >= 15 is 0 Å². The molecular weight excluding hydrogens is 188 g/mol. The van der Waals surface area contributed by atoms with Crippen molar-refractivity contribution in [2.24, 2.45) is 11.8 Å². The predicted molar refractivity (Wildman–Crippen MR) is 62.4 cm³/mol. The predicted octanol–water partition coefficient (Wildman–Crippen LogP) is 1.83. The standard InChI is InChI=1S/C12H24N2O/c1-6-14-10(7-8(2)3)13-11(9(4)5)12(14)15/h8-11,13H,6-7H2,1-5H3.